The van der Waals surface area contributed by atoms with Gasteiger partial charge in [-0.15, -0.1) is 0 Å². The van der Waals surface area contributed by atoms with E-state index >= 15 is 0 Å². The number of allylic oxidation sites excluding steroid dienone is 1. The first-order valence-corrected chi connectivity index (χ1v) is 7.48. The number of amidine groups is 1. The van der Waals surface area contributed by atoms with Gasteiger partial charge in [-0.3, -0.25) is 5.73 Å². The summed E-state index contributed by atoms with van der Waals surface area (Å²) in [5.41, 5.74) is 15.1. The molecule has 0 radical (unpaired) electrons. The van der Waals surface area contributed by atoms with Crippen LogP contribution in [0.25, 0.3) is 0 Å². The summed E-state index contributed by atoms with van der Waals surface area (Å²) in [4.78, 5) is 4.28. The Morgan fingerprint density at radius 3 is 2.39 bits per heavy atom. The van der Waals surface area contributed by atoms with E-state index in [1.165, 1.54) is 17.7 Å². The Balaban J connectivity index is 1.76. The van der Waals surface area contributed by atoms with Crippen LogP contribution in [0.4, 0.5) is 4.39 Å². The topological polar surface area (TPSA) is 76.4 Å². The van der Waals surface area contributed by atoms with Crippen molar-refractivity contribution >= 4 is 5.84 Å². The summed E-state index contributed by atoms with van der Waals surface area (Å²) >= 11 is 0. The maximum atomic E-state index is 13.1. The summed E-state index contributed by atoms with van der Waals surface area (Å²) < 4.78 is 13.1. The van der Waals surface area contributed by atoms with Crippen molar-refractivity contribution in [1.29, 1.82) is 0 Å². The summed E-state index contributed by atoms with van der Waals surface area (Å²) in [6.45, 7) is 0. The minimum Gasteiger partial charge on any atom is -0.384 e. The largest absolute Gasteiger partial charge is 0.384 e. The van der Waals surface area contributed by atoms with Gasteiger partial charge in [0.05, 0.1) is 0 Å². The predicted octanol–water partition coefficient (Wildman–Crippen LogP) is 2.37. The zero-order valence-corrected chi connectivity index (χ0v) is 12.7. The third kappa shape index (κ3) is 3.57. The normalized spacial score (nSPS) is 20.4. The van der Waals surface area contributed by atoms with Crippen LogP contribution in [0.3, 0.4) is 0 Å². The van der Waals surface area contributed by atoms with Crippen LogP contribution in [-0.2, 0) is 12.2 Å². The molecule has 5 N–H and O–H groups in total. The molecule has 23 heavy (non-hydrogen) atoms. The van der Waals surface area contributed by atoms with Gasteiger partial charge in [-0.2, -0.15) is 0 Å². The number of nitrogens with one attached hydrogen (secondary N) is 1. The van der Waals surface area contributed by atoms with Crippen LogP contribution >= 0.6 is 0 Å². The van der Waals surface area contributed by atoms with E-state index < -0.39 is 5.79 Å². The molecule has 1 aliphatic rings. The number of nitrogens with two attached hydrogens (primary N) is 2. The van der Waals surface area contributed by atoms with Crippen LogP contribution in [0.15, 0.2) is 71.4 Å². The summed E-state index contributed by atoms with van der Waals surface area (Å²) in [5.74, 6) is -1.12. The highest BCUT2D eigenvalue weighted by Crippen LogP contribution is 2.23. The van der Waals surface area contributed by atoms with Crippen LogP contribution in [0.2, 0.25) is 0 Å². The van der Waals surface area contributed by atoms with E-state index in [4.69, 9.17) is 11.5 Å². The van der Waals surface area contributed by atoms with Gasteiger partial charge in [0.2, 0.25) is 5.79 Å². The summed E-state index contributed by atoms with van der Waals surface area (Å²) in [6, 6.07) is 16.1. The van der Waals surface area contributed by atoms with E-state index in [0.717, 1.165) is 18.5 Å². The first-order valence-electron chi connectivity index (χ1n) is 7.48. The molecule has 118 valence electrons. The van der Waals surface area contributed by atoms with Gasteiger partial charge in [0, 0.05) is 11.3 Å². The van der Waals surface area contributed by atoms with E-state index in [1.807, 2.05) is 18.2 Å². The lowest BCUT2D eigenvalue weighted by molar-refractivity contribution is 0.386. The zero-order valence-electron chi connectivity index (χ0n) is 12.7. The maximum Gasteiger partial charge on any atom is 0.211 e. The SMILES string of the molecule is NC1=NC(N)(c2ccc(F)cc2)NC(CCc2ccccc2)=C1. The van der Waals surface area contributed by atoms with E-state index in [-0.39, 0.29) is 5.82 Å². The van der Waals surface area contributed by atoms with Gasteiger partial charge in [-0.1, -0.05) is 42.5 Å². The van der Waals surface area contributed by atoms with Crippen molar-refractivity contribution in [3.05, 3.63) is 83.3 Å². The van der Waals surface area contributed by atoms with Crippen molar-refractivity contribution in [3.8, 4) is 0 Å². The fourth-order valence-electron chi connectivity index (χ4n) is 2.62. The van der Waals surface area contributed by atoms with Crippen LogP contribution in [0.1, 0.15) is 17.5 Å². The lowest BCUT2D eigenvalue weighted by atomic mass is 10.0. The number of benzene rings is 2. The molecular weight excluding hydrogens is 291 g/mol. The molecule has 1 aliphatic heterocycles. The average molecular weight is 310 g/mol. The minimum atomic E-state index is -1.17. The number of hydrogen-bond donors (Lipinski definition) is 3. The molecule has 0 aliphatic carbocycles. The van der Waals surface area contributed by atoms with Gasteiger partial charge in [-0.05, 0) is 36.6 Å². The fraction of sp³-hybridized carbons (Fsp3) is 0.167. The maximum absolute atomic E-state index is 13.1. The Labute approximate surface area is 134 Å². The van der Waals surface area contributed by atoms with Gasteiger partial charge in [-0.25, -0.2) is 9.38 Å². The lowest BCUT2D eigenvalue weighted by Crippen LogP contribution is -2.51. The quantitative estimate of drug-likeness (QED) is 0.811. The Morgan fingerprint density at radius 2 is 1.70 bits per heavy atom. The summed E-state index contributed by atoms with van der Waals surface area (Å²) in [6.07, 6.45) is 3.42. The third-order valence-corrected chi connectivity index (χ3v) is 3.79. The summed E-state index contributed by atoms with van der Waals surface area (Å²) in [5, 5.41) is 3.22. The Morgan fingerprint density at radius 1 is 1.00 bits per heavy atom. The number of hydrogen-bond acceptors (Lipinski definition) is 4. The van der Waals surface area contributed by atoms with Crippen molar-refractivity contribution in [1.82, 2.24) is 5.32 Å². The fourth-order valence-corrected chi connectivity index (χ4v) is 2.62. The second-order valence-electron chi connectivity index (χ2n) is 5.59. The lowest BCUT2D eigenvalue weighted by Gasteiger charge is -2.32. The monoisotopic (exact) mass is 310 g/mol. The van der Waals surface area contributed by atoms with Gasteiger partial charge in [0.15, 0.2) is 0 Å². The van der Waals surface area contributed by atoms with Crippen molar-refractivity contribution in [3.63, 3.8) is 0 Å². The summed E-state index contributed by atoms with van der Waals surface area (Å²) in [7, 11) is 0. The third-order valence-electron chi connectivity index (χ3n) is 3.79. The smallest absolute Gasteiger partial charge is 0.211 e. The Kier molecular flexibility index (Phi) is 4.12. The van der Waals surface area contributed by atoms with Crippen LogP contribution in [0.5, 0.6) is 0 Å². The van der Waals surface area contributed by atoms with Crippen LogP contribution in [-0.4, -0.2) is 5.84 Å². The van der Waals surface area contributed by atoms with Crippen molar-refractivity contribution in [2.24, 2.45) is 16.5 Å². The van der Waals surface area contributed by atoms with E-state index in [0.29, 0.717) is 11.4 Å². The number of aliphatic imine (C=N–C) groups is 1. The van der Waals surface area contributed by atoms with Gasteiger partial charge < -0.3 is 11.1 Å². The number of aryl methyl sites for hydroxylation is 1. The molecule has 0 amide bonds. The van der Waals surface area contributed by atoms with Crippen molar-refractivity contribution < 1.29 is 4.39 Å². The first-order chi connectivity index (χ1) is 11.0. The second-order valence-corrected chi connectivity index (χ2v) is 5.59. The molecule has 2 aromatic rings. The average Bonchev–Trinajstić information content (AvgIpc) is 2.54. The Hall–Kier alpha value is -2.66. The highest BCUT2D eigenvalue weighted by atomic mass is 19.1. The van der Waals surface area contributed by atoms with Crippen molar-refractivity contribution in [2.45, 2.75) is 18.6 Å². The number of nitrogens with zero attached hydrogens (tertiary/aromatic N) is 1. The first kappa shape index (κ1) is 15.2. The molecule has 0 saturated heterocycles. The highest BCUT2D eigenvalue weighted by Gasteiger charge is 2.30. The molecule has 0 bridgehead atoms. The molecule has 1 heterocycles. The van der Waals surface area contributed by atoms with Gasteiger partial charge in [0.1, 0.15) is 11.7 Å². The number of rotatable bonds is 4. The molecule has 0 aromatic heterocycles. The molecule has 0 fully saturated rings. The zero-order chi connectivity index (χ0) is 16.3. The molecular formula is C18H19FN4. The number of halogens is 1. The van der Waals surface area contributed by atoms with Crippen LogP contribution < -0.4 is 16.8 Å². The molecule has 2 aromatic carbocycles. The van der Waals surface area contributed by atoms with Crippen molar-refractivity contribution in [2.75, 3.05) is 0 Å². The molecule has 3 rings (SSSR count). The molecule has 4 nitrogen and oxygen atoms in total. The van der Waals surface area contributed by atoms with Gasteiger partial charge >= 0.3 is 0 Å². The minimum absolute atomic E-state index is 0.315. The molecule has 0 saturated carbocycles. The van der Waals surface area contributed by atoms with Crippen LogP contribution in [0, 0.1) is 5.82 Å². The molecule has 1 atom stereocenters. The van der Waals surface area contributed by atoms with E-state index in [2.05, 4.69) is 22.4 Å². The predicted molar refractivity (Wildman–Crippen MR) is 89.9 cm³/mol. The molecule has 5 heteroatoms. The molecule has 1 unspecified atom stereocenters. The Bertz CT molecular complexity index is 737. The standard InChI is InChI=1S/C18H19FN4/c19-15-9-7-14(8-10-15)18(21)22-16(12-17(20)23-18)11-6-13-4-2-1-3-5-13/h1-5,7-10,12,22H,6,11,21H2,(H2,20,23). The highest BCUT2D eigenvalue weighted by molar-refractivity contribution is 5.93. The molecule has 0 spiro atoms. The van der Waals surface area contributed by atoms with Gasteiger partial charge in [0.25, 0.3) is 0 Å². The van der Waals surface area contributed by atoms with E-state index in [9.17, 15) is 4.39 Å². The second kappa shape index (κ2) is 6.22. The van der Waals surface area contributed by atoms with E-state index in [1.54, 1.807) is 18.2 Å².